The minimum Gasteiger partial charge on any atom is -0.356 e. The third-order valence-corrected chi connectivity index (χ3v) is 8.54. The Morgan fingerprint density at radius 2 is 1.70 bits per heavy atom. The van der Waals surface area contributed by atoms with Gasteiger partial charge in [-0.1, -0.05) is 26.8 Å². The number of carbonyl (C=O) groups excluding carboxylic acids is 2. The second-order valence-corrected chi connectivity index (χ2v) is 11.4. The van der Waals surface area contributed by atoms with E-state index < -0.39 is 0 Å². The highest BCUT2D eigenvalue weighted by Crippen LogP contribution is 2.37. The number of aromatic nitrogens is 2. The summed E-state index contributed by atoms with van der Waals surface area (Å²) in [7, 11) is 3.85. The fourth-order valence-corrected chi connectivity index (χ4v) is 5.66. The molecule has 4 rings (SSSR count). The molecule has 0 N–H and O–H groups in total. The van der Waals surface area contributed by atoms with Crippen molar-refractivity contribution in [2.24, 2.45) is 11.8 Å². The van der Waals surface area contributed by atoms with E-state index in [1.807, 2.05) is 55.9 Å². The number of piperidine rings is 1. The second-order valence-electron chi connectivity index (χ2n) is 11.4. The van der Waals surface area contributed by atoms with Gasteiger partial charge in [0.25, 0.3) is 5.91 Å². The highest BCUT2D eigenvalue weighted by Gasteiger charge is 2.32. The first kappa shape index (κ1) is 27.1. The van der Waals surface area contributed by atoms with Crippen molar-refractivity contribution in [2.45, 2.75) is 78.8 Å². The van der Waals surface area contributed by atoms with Crippen molar-refractivity contribution in [1.82, 2.24) is 19.8 Å². The summed E-state index contributed by atoms with van der Waals surface area (Å²) in [6.45, 7) is 12.1. The van der Waals surface area contributed by atoms with Gasteiger partial charge in [-0.3, -0.25) is 9.59 Å². The summed E-state index contributed by atoms with van der Waals surface area (Å²) in [5, 5.41) is 0. The maximum absolute atomic E-state index is 13.5. The van der Waals surface area contributed by atoms with E-state index in [9.17, 15) is 9.59 Å². The number of amides is 2. The van der Waals surface area contributed by atoms with Gasteiger partial charge in [0.15, 0.2) is 0 Å². The van der Waals surface area contributed by atoms with Crippen LogP contribution in [0.4, 0.5) is 5.82 Å². The van der Waals surface area contributed by atoms with Gasteiger partial charge < -0.3 is 14.7 Å². The zero-order chi connectivity index (χ0) is 26.9. The van der Waals surface area contributed by atoms with Crippen LogP contribution in [0.25, 0.3) is 0 Å². The zero-order valence-electron chi connectivity index (χ0n) is 23.6. The molecule has 0 saturated carbocycles. The summed E-state index contributed by atoms with van der Waals surface area (Å²) in [6.07, 6.45) is 4.24. The number of fused-ring (bicyclic) bond motifs is 1. The molecule has 1 fully saturated rings. The minimum absolute atomic E-state index is 0.0444. The van der Waals surface area contributed by atoms with Crippen molar-refractivity contribution in [3.63, 3.8) is 0 Å². The third-order valence-electron chi connectivity index (χ3n) is 8.54. The second kappa shape index (κ2) is 11.2. The first-order chi connectivity index (χ1) is 17.5. The van der Waals surface area contributed by atoms with E-state index in [1.54, 1.807) is 0 Å². The lowest BCUT2D eigenvalue weighted by molar-refractivity contribution is -0.133. The molecule has 2 aliphatic rings. The first-order valence-electron chi connectivity index (χ1n) is 13.8. The Bertz CT molecular complexity index is 1120. The number of benzene rings is 1. The van der Waals surface area contributed by atoms with E-state index in [4.69, 9.17) is 0 Å². The maximum Gasteiger partial charge on any atom is 0.253 e. The molecular formula is C30H43N5O2. The van der Waals surface area contributed by atoms with E-state index in [-0.39, 0.29) is 23.9 Å². The molecule has 1 aromatic heterocycles. The molecule has 2 aromatic rings. The number of anilines is 1. The van der Waals surface area contributed by atoms with E-state index >= 15 is 0 Å². The monoisotopic (exact) mass is 505 g/mol. The van der Waals surface area contributed by atoms with Crippen LogP contribution in [0, 0.1) is 25.7 Å². The number of aryl methyl sites for hydroxylation is 3. The maximum atomic E-state index is 13.5. The van der Waals surface area contributed by atoms with Gasteiger partial charge >= 0.3 is 0 Å². The fraction of sp³-hybridized carbons (Fsp3) is 0.600. The van der Waals surface area contributed by atoms with Gasteiger partial charge in [0.05, 0.1) is 6.04 Å². The normalized spacial score (nSPS) is 18.6. The van der Waals surface area contributed by atoms with E-state index in [2.05, 4.69) is 41.7 Å². The van der Waals surface area contributed by atoms with Crippen molar-refractivity contribution in [2.75, 3.05) is 32.1 Å². The van der Waals surface area contributed by atoms with Gasteiger partial charge in [-0.25, -0.2) is 9.97 Å². The topological polar surface area (TPSA) is 69.6 Å². The largest absolute Gasteiger partial charge is 0.356 e. The van der Waals surface area contributed by atoms with Crippen LogP contribution in [0.1, 0.15) is 85.5 Å². The first-order valence-corrected chi connectivity index (χ1v) is 13.8. The van der Waals surface area contributed by atoms with E-state index in [0.717, 1.165) is 61.7 Å². The van der Waals surface area contributed by atoms with Crippen LogP contribution in [0.5, 0.6) is 0 Å². The van der Waals surface area contributed by atoms with Crippen LogP contribution < -0.4 is 4.90 Å². The van der Waals surface area contributed by atoms with Gasteiger partial charge in [0.1, 0.15) is 11.6 Å². The highest BCUT2D eigenvalue weighted by molar-refractivity contribution is 5.94. The number of rotatable bonds is 7. The Kier molecular flexibility index (Phi) is 8.20. The lowest BCUT2D eigenvalue weighted by Crippen LogP contribution is -2.46. The molecular weight excluding hydrogens is 462 g/mol. The Morgan fingerprint density at radius 3 is 2.35 bits per heavy atom. The minimum atomic E-state index is 0.0444. The summed E-state index contributed by atoms with van der Waals surface area (Å²) in [5.41, 5.74) is 4.09. The average molecular weight is 506 g/mol. The number of hydrogen-bond acceptors (Lipinski definition) is 5. The molecule has 7 nitrogen and oxygen atoms in total. The molecule has 0 radical (unpaired) electrons. The molecule has 1 unspecified atom stereocenters. The Morgan fingerprint density at radius 1 is 1.00 bits per heavy atom. The summed E-state index contributed by atoms with van der Waals surface area (Å²) in [5.74, 6) is 2.85. The number of nitrogens with zero attached hydrogens (tertiary/aromatic N) is 5. The van der Waals surface area contributed by atoms with Crippen molar-refractivity contribution < 1.29 is 9.59 Å². The predicted octanol–water partition coefficient (Wildman–Crippen LogP) is 4.96. The van der Waals surface area contributed by atoms with Crippen LogP contribution in [0.15, 0.2) is 24.3 Å². The van der Waals surface area contributed by atoms with Gasteiger partial charge in [-0.15, -0.1) is 0 Å². The molecule has 7 heteroatoms. The fourth-order valence-electron chi connectivity index (χ4n) is 5.66. The van der Waals surface area contributed by atoms with E-state index in [0.29, 0.717) is 23.8 Å². The molecule has 0 spiro atoms. The summed E-state index contributed by atoms with van der Waals surface area (Å²) in [4.78, 5) is 41.6. The number of hydrogen-bond donors (Lipinski definition) is 0. The van der Waals surface area contributed by atoms with Crippen LogP contribution in [0.3, 0.4) is 0 Å². The molecule has 1 aliphatic heterocycles. The van der Waals surface area contributed by atoms with Crippen molar-refractivity contribution >= 4 is 17.6 Å². The molecule has 2 heterocycles. The molecule has 2 atom stereocenters. The molecule has 0 bridgehead atoms. The van der Waals surface area contributed by atoms with E-state index in [1.165, 1.54) is 5.56 Å². The van der Waals surface area contributed by atoms with Crippen molar-refractivity contribution in [3.8, 4) is 0 Å². The van der Waals surface area contributed by atoms with Crippen molar-refractivity contribution in [3.05, 3.63) is 52.5 Å². The molecule has 200 valence electrons. The average Bonchev–Trinajstić information content (AvgIpc) is 3.30. The highest BCUT2D eigenvalue weighted by atomic mass is 16.2. The quantitative estimate of drug-likeness (QED) is 0.532. The van der Waals surface area contributed by atoms with Crippen LogP contribution in [-0.4, -0.2) is 64.8 Å². The van der Waals surface area contributed by atoms with Crippen LogP contribution >= 0.6 is 0 Å². The van der Waals surface area contributed by atoms with Crippen molar-refractivity contribution in [1.29, 1.82) is 0 Å². The lowest BCUT2D eigenvalue weighted by atomic mass is 9.93. The van der Waals surface area contributed by atoms with Gasteiger partial charge in [0, 0.05) is 57.0 Å². The molecule has 37 heavy (non-hydrogen) atoms. The smallest absolute Gasteiger partial charge is 0.253 e. The lowest BCUT2D eigenvalue weighted by Gasteiger charge is -2.37. The van der Waals surface area contributed by atoms with Gasteiger partial charge in [-0.2, -0.15) is 0 Å². The summed E-state index contributed by atoms with van der Waals surface area (Å²) < 4.78 is 0. The third kappa shape index (κ3) is 5.97. The summed E-state index contributed by atoms with van der Waals surface area (Å²) >= 11 is 0. The Labute approximate surface area is 222 Å². The Hall–Kier alpha value is -2.96. The van der Waals surface area contributed by atoms with Crippen LogP contribution in [-0.2, 0) is 11.2 Å². The van der Waals surface area contributed by atoms with Gasteiger partial charge in [0.2, 0.25) is 5.91 Å². The van der Waals surface area contributed by atoms with Gasteiger partial charge in [-0.05, 0) is 74.6 Å². The molecule has 1 aromatic carbocycles. The molecule has 1 aliphatic carbocycles. The zero-order valence-corrected chi connectivity index (χ0v) is 23.6. The predicted molar refractivity (Wildman–Crippen MR) is 148 cm³/mol. The van der Waals surface area contributed by atoms with Crippen LogP contribution in [0.2, 0.25) is 0 Å². The summed E-state index contributed by atoms with van der Waals surface area (Å²) in [6, 6.07) is 8.37. The SMILES string of the molecule is Cc1cc(N2CCC(N(C)C(=O)c3ccc4c(c3)[C@H](N(C)C(=O)CC(C)C(C)C)CC4)CC2)nc(C)n1. The standard InChI is InChI=1S/C30H43N5O2/c1-19(2)20(3)16-29(36)34(7)27-11-10-23-8-9-24(18-26(23)27)30(37)33(6)25-12-14-35(15-13-25)28-17-21(4)31-22(5)32-28/h8-9,17-20,25,27H,10-16H2,1-7H3/t20?,27-/m1/s1. The Balaban J connectivity index is 1.41. The molecule has 2 amide bonds. The number of carbonyl (C=O) groups is 2. The molecule has 1 saturated heterocycles.